The highest BCUT2D eigenvalue weighted by atomic mass is 35.5. The molecule has 1 aliphatic heterocycles. The predicted molar refractivity (Wildman–Crippen MR) is 84.1 cm³/mol. The number of nitrogens with zero attached hydrogens (tertiary/aromatic N) is 2. The van der Waals surface area contributed by atoms with E-state index >= 15 is 0 Å². The van der Waals surface area contributed by atoms with Crippen molar-refractivity contribution in [2.24, 2.45) is 11.8 Å². The summed E-state index contributed by atoms with van der Waals surface area (Å²) in [6, 6.07) is 6.17. The van der Waals surface area contributed by atoms with Gasteiger partial charge in [0, 0.05) is 37.1 Å². The molecule has 2 fully saturated rings. The van der Waals surface area contributed by atoms with E-state index in [4.69, 9.17) is 11.6 Å². The lowest BCUT2D eigenvalue weighted by molar-refractivity contribution is -0.134. The number of hydrogen-bond acceptors (Lipinski definition) is 3. The van der Waals surface area contributed by atoms with Crippen LogP contribution in [0.2, 0.25) is 5.02 Å². The molecule has 1 heterocycles. The molecular formula is C15H19ClN2O3S. The Balaban J connectivity index is 1.65. The fraction of sp³-hybridized carbons (Fsp3) is 0.533. The van der Waals surface area contributed by atoms with Crippen LogP contribution in [0.15, 0.2) is 29.2 Å². The molecular weight excluding hydrogens is 324 g/mol. The smallest absolute Gasteiger partial charge is 0.243 e. The van der Waals surface area contributed by atoms with Gasteiger partial charge < -0.3 is 4.90 Å². The number of amides is 1. The fourth-order valence-corrected chi connectivity index (χ4v) is 4.35. The van der Waals surface area contributed by atoms with Crippen molar-refractivity contribution in [3.63, 3.8) is 0 Å². The van der Waals surface area contributed by atoms with Crippen LogP contribution in [-0.4, -0.2) is 49.7 Å². The molecule has 0 radical (unpaired) electrons. The van der Waals surface area contributed by atoms with Gasteiger partial charge in [-0.05, 0) is 36.6 Å². The summed E-state index contributed by atoms with van der Waals surface area (Å²) in [6.07, 6.45) is 0.960. The number of carbonyl (C=O) groups is 1. The molecule has 22 heavy (non-hydrogen) atoms. The molecule has 1 saturated carbocycles. The van der Waals surface area contributed by atoms with Gasteiger partial charge in [-0.1, -0.05) is 18.5 Å². The van der Waals surface area contributed by atoms with Gasteiger partial charge in [0.15, 0.2) is 0 Å². The maximum atomic E-state index is 12.6. The summed E-state index contributed by atoms with van der Waals surface area (Å²) >= 11 is 5.80. The van der Waals surface area contributed by atoms with Crippen LogP contribution < -0.4 is 0 Å². The van der Waals surface area contributed by atoms with E-state index in [0.29, 0.717) is 37.1 Å². The average molecular weight is 343 g/mol. The zero-order valence-electron chi connectivity index (χ0n) is 12.4. The minimum Gasteiger partial charge on any atom is -0.340 e. The zero-order valence-corrected chi connectivity index (χ0v) is 14.0. The first-order valence-corrected chi connectivity index (χ1v) is 9.26. The molecule has 7 heteroatoms. The quantitative estimate of drug-likeness (QED) is 0.842. The molecule has 1 aliphatic carbocycles. The number of benzene rings is 1. The maximum Gasteiger partial charge on any atom is 0.243 e. The zero-order chi connectivity index (χ0) is 15.9. The molecule has 2 aliphatic rings. The fourth-order valence-electron chi connectivity index (χ4n) is 2.81. The van der Waals surface area contributed by atoms with Crippen LogP contribution in [0, 0.1) is 11.8 Å². The van der Waals surface area contributed by atoms with Crippen molar-refractivity contribution in [2.45, 2.75) is 18.2 Å². The Hall–Kier alpha value is -1.11. The molecule has 2 atom stereocenters. The van der Waals surface area contributed by atoms with E-state index in [0.717, 1.165) is 6.42 Å². The third-order valence-electron chi connectivity index (χ3n) is 4.43. The number of piperazine rings is 1. The number of hydrogen-bond donors (Lipinski definition) is 0. The Morgan fingerprint density at radius 3 is 2.18 bits per heavy atom. The van der Waals surface area contributed by atoms with E-state index in [1.54, 1.807) is 17.0 Å². The van der Waals surface area contributed by atoms with Crippen molar-refractivity contribution in [2.75, 3.05) is 26.2 Å². The molecule has 0 aromatic heterocycles. The van der Waals surface area contributed by atoms with E-state index in [9.17, 15) is 13.2 Å². The van der Waals surface area contributed by atoms with E-state index in [1.807, 2.05) is 0 Å². The second-order valence-electron chi connectivity index (χ2n) is 6.00. The van der Waals surface area contributed by atoms with Crippen molar-refractivity contribution < 1.29 is 13.2 Å². The largest absolute Gasteiger partial charge is 0.340 e. The van der Waals surface area contributed by atoms with Crippen LogP contribution in [0.3, 0.4) is 0 Å². The van der Waals surface area contributed by atoms with Gasteiger partial charge in [0.05, 0.1) is 4.90 Å². The molecule has 120 valence electrons. The number of halogens is 1. The van der Waals surface area contributed by atoms with Crippen LogP contribution in [0.1, 0.15) is 13.3 Å². The van der Waals surface area contributed by atoms with Gasteiger partial charge in [-0.3, -0.25) is 4.79 Å². The summed E-state index contributed by atoms with van der Waals surface area (Å²) in [5.41, 5.74) is 0. The second kappa shape index (κ2) is 5.83. The minimum atomic E-state index is -3.51. The summed E-state index contributed by atoms with van der Waals surface area (Å²) in [4.78, 5) is 14.2. The minimum absolute atomic E-state index is 0.152. The monoisotopic (exact) mass is 342 g/mol. The van der Waals surface area contributed by atoms with Gasteiger partial charge in [0.2, 0.25) is 15.9 Å². The van der Waals surface area contributed by atoms with Gasteiger partial charge in [0.1, 0.15) is 0 Å². The molecule has 3 rings (SSSR count). The van der Waals surface area contributed by atoms with Crippen LogP contribution in [0.4, 0.5) is 0 Å². The average Bonchev–Trinajstić information content (AvgIpc) is 3.24. The lowest BCUT2D eigenvalue weighted by Gasteiger charge is -2.34. The second-order valence-corrected chi connectivity index (χ2v) is 8.38. The van der Waals surface area contributed by atoms with Crippen LogP contribution in [0.25, 0.3) is 0 Å². The topological polar surface area (TPSA) is 57.7 Å². The van der Waals surface area contributed by atoms with E-state index in [-0.39, 0.29) is 16.7 Å². The van der Waals surface area contributed by atoms with Crippen molar-refractivity contribution in [3.05, 3.63) is 29.3 Å². The molecule has 1 amide bonds. The summed E-state index contributed by atoms with van der Waals surface area (Å²) < 4.78 is 26.5. The number of sulfonamides is 1. The molecule has 0 N–H and O–H groups in total. The Labute approximate surface area is 135 Å². The van der Waals surface area contributed by atoms with Gasteiger partial charge in [0.25, 0.3) is 0 Å². The highest BCUT2D eigenvalue weighted by Gasteiger charge is 2.42. The number of carbonyl (C=O) groups excluding carboxylic acids is 1. The first-order valence-electron chi connectivity index (χ1n) is 7.44. The summed E-state index contributed by atoms with van der Waals surface area (Å²) in [6.45, 7) is 3.70. The molecule has 0 spiro atoms. The first kappa shape index (κ1) is 15.8. The molecule has 1 aromatic carbocycles. The first-order chi connectivity index (χ1) is 10.4. The van der Waals surface area contributed by atoms with Crippen molar-refractivity contribution in [1.82, 2.24) is 9.21 Å². The van der Waals surface area contributed by atoms with E-state index < -0.39 is 10.0 Å². The van der Waals surface area contributed by atoms with E-state index in [1.165, 1.54) is 16.4 Å². The molecule has 5 nitrogen and oxygen atoms in total. The Bertz CT molecular complexity index is 667. The lowest BCUT2D eigenvalue weighted by Crippen LogP contribution is -2.51. The van der Waals surface area contributed by atoms with Crippen LogP contribution in [-0.2, 0) is 14.8 Å². The third kappa shape index (κ3) is 3.00. The van der Waals surface area contributed by atoms with Gasteiger partial charge in [-0.25, -0.2) is 8.42 Å². The maximum absolute atomic E-state index is 12.6. The van der Waals surface area contributed by atoms with Gasteiger partial charge in [-0.2, -0.15) is 4.31 Å². The Kier molecular flexibility index (Phi) is 4.18. The summed E-state index contributed by atoms with van der Waals surface area (Å²) in [7, 11) is -3.51. The molecule has 1 aromatic rings. The van der Waals surface area contributed by atoms with Crippen molar-refractivity contribution in [1.29, 1.82) is 0 Å². The van der Waals surface area contributed by atoms with Crippen molar-refractivity contribution >= 4 is 27.5 Å². The normalized spacial score (nSPS) is 26.0. The standard InChI is InChI=1S/C15H19ClN2O3S/c1-11-10-14(11)15(19)17-6-8-18(9-7-17)22(20,21)13-4-2-12(16)3-5-13/h2-5,11,14H,6-10H2,1H3/t11-,14+/m0/s1. The Morgan fingerprint density at radius 2 is 1.68 bits per heavy atom. The molecule has 1 saturated heterocycles. The van der Waals surface area contributed by atoms with Crippen LogP contribution in [0.5, 0.6) is 0 Å². The van der Waals surface area contributed by atoms with Crippen molar-refractivity contribution in [3.8, 4) is 0 Å². The van der Waals surface area contributed by atoms with Gasteiger partial charge in [-0.15, -0.1) is 0 Å². The molecule has 0 unspecified atom stereocenters. The van der Waals surface area contributed by atoms with Crippen LogP contribution >= 0.6 is 11.6 Å². The van der Waals surface area contributed by atoms with Gasteiger partial charge >= 0.3 is 0 Å². The molecule has 0 bridgehead atoms. The highest BCUT2D eigenvalue weighted by Crippen LogP contribution is 2.39. The lowest BCUT2D eigenvalue weighted by atomic mass is 10.2. The summed E-state index contributed by atoms with van der Waals surface area (Å²) in [5, 5.41) is 0.507. The Morgan fingerprint density at radius 1 is 1.14 bits per heavy atom. The highest BCUT2D eigenvalue weighted by molar-refractivity contribution is 7.89. The summed E-state index contributed by atoms with van der Waals surface area (Å²) in [5.74, 6) is 0.804. The SMILES string of the molecule is C[C@H]1C[C@H]1C(=O)N1CCN(S(=O)(=O)c2ccc(Cl)cc2)CC1. The predicted octanol–water partition coefficient (Wildman–Crippen LogP) is 1.83. The number of rotatable bonds is 3. The third-order valence-corrected chi connectivity index (χ3v) is 6.59. The van der Waals surface area contributed by atoms with E-state index in [2.05, 4.69) is 6.92 Å².